The molecule has 1 aromatic carbocycles. The Balaban J connectivity index is 1.64. The third-order valence-electron chi connectivity index (χ3n) is 2.70. The first-order valence-electron chi connectivity index (χ1n) is 6.14. The summed E-state index contributed by atoms with van der Waals surface area (Å²) in [6, 6.07) is 12.8. The van der Waals surface area contributed by atoms with Crippen molar-refractivity contribution >= 4 is 28.8 Å². The minimum atomic E-state index is -0.216. The number of hydrogen-bond acceptors (Lipinski definition) is 5. The summed E-state index contributed by atoms with van der Waals surface area (Å²) >= 11 is 7.01. The molecule has 0 aliphatic carbocycles. The number of carbonyl (C=O) groups is 1. The number of aromatic nitrogens is 2. The van der Waals surface area contributed by atoms with Crippen LogP contribution in [0.2, 0.25) is 4.34 Å². The molecule has 0 atom stereocenters. The Morgan fingerprint density at radius 2 is 2.05 bits per heavy atom. The number of rotatable bonds is 4. The van der Waals surface area contributed by atoms with E-state index >= 15 is 0 Å². The molecule has 21 heavy (non-hydrogen) atoms. The Morgan fingerprint density at radius 1 is 1.24 bits per heavy atom. The highest BCUT2D eigenvalue weighted by atomic mass is 35.5. The van der Waals surface area contributed by atoms with Gasteiger partial charge in [0.05, 0.1) is 15.8 Å². The molecule has 0 fully saturated rings. The number of amides is 1. The molecule has 0 bridgehead atoms. The molecule has 5 nitrogen and oxygen atoms in total. The molecule has 3 rings (SSSR count). The molecule has 0 aliphatic rings. The number of benzene rings is 1. The van der Waals surface area contributed by atoms with Crippen molar-refractivity contribution in [1.29, 1.82) is 0 Å². The van der Waals surface area contributed by atoms with E-state index in [0.717, 1.165) is 5.56 Å². The summed E-state index contributed by atoms with van der Waals surface area (Å²) in [6.45, 7) is 0.175. The molecule has 3 aromatic rings. The van der Waals surface area contributed by atoms with Crippen molar-refractivity contribution in [2.75, 3.05) is 0 Å². The van der Waals surface area contributed by atoms with Gasteiger partial charge in [0, 0.05) is 5.56 Å². The zero-order valence-corrected chi connectivity index (χ0v) is 12.3. The molecule has 2 heterocycles. The first-order chi connectivity index (χ1) is 10.2. The van der Waals surface area contributed by atoms with Gasteiger partial charge in [0.25, 0.3) is 5.91 Å². The highest BCUT2D eigenvalue weighted by Gasteiger charge is 2.12. The molecular formula is C14H10ClN3O2S. The average molecular weight is 320 g/mol. The van der Waals surface area contributed by atoms with Crippen LogP contribution in [0.25, 0.3) is 11.4 Å². The highest BCUT2D eigenvalue weighted by Crippen LogP contribution is 2.21. The third kappa shape index (κ3) is 3.29. The number of thiophene rings is 1. The Labute approximate surface area is 129 Å². The largest absolute Gasteiger partial charge is 0.342 e. The fourth-order valence-electron chi connectivity index (χ4n) is 1.71. The van der Waals surface area contributed by atoms with Gasteiger partial charge in [0.2, 0.25) is 11.7 Å². The molecule has 0 radical (unpaired) electrons. The Morgan fingerprint density at radius 3 is 2.76 bits per heavy atom. The second-order valence-electron chi connectivity index (χ2n) is 4.16. The van der Waals surface area contributed by atoms with E-state index in [-0.39, 0.29) is 12.5 Å². The number of hydrogen-bond donors (Lipinski definition) is 1. The molecule has 7 heteroatoms. The van der Waals surface area contributed by atoms with Crippen LogP contribution in [0.1, 0.15) is 15.6 Å². The molecule has 0 spiro atoms. The minimum Gasteiger partial charge on any atom is -0.342 e. The zero-order valence-electron chi connectivity index (χ0n) is 10.7. The lowest BCUT2D eigenvalue weighted by Gasteiger charge is -1.98. The first-order valence-corrected chi connectivity index (χ1v) is 7.33. The summed E-state index contributed by atoms with van der Waals surface area (Å²) in [5.41, 5.74) is 0.865. The lowest BCUT2D eigenvalue weighted by Crippen LogP contribution is -2.21. The lowest BCUT2D eigenvalue weighted by atomic mass is 10.2. The average Bonchev–Trinajstić information content (AvgIpc) is 3.15. The van der Waals surface area contributed by atoms with Crippen LogP contribution >= 0.6 is 22.9 Å². The SMILES string of the molecule is O=C(NCc1nc(-c2ccccc2)no1)c1ccc(Cl)s1. The summed E-state index contributed by atoms with van der Waals surface area (Å²) in [5.74, 6) is 0.634. The lowest BCUT2D eigenvalue weighted by molar-refractivity contribution is 0.0950. The Kier molecular flexibility index (Phi) is 3.98. The number of halogens is 1. The molecular weight excluding hydrogens is 310 g/mol. The third-order valence-corrected chi connectivity index (χ3v) is 3.93. The maximum Gasteiger partial charge on any atom is 0.261 e. The molecule has 0 aliphatic heterocycles. The predicted octanol–water partition coefficient (Wildman–Crippen LogP) is 3.38. The summed E-state index contributed by atoms with van der Waals surface area (Å²) in [5, 5.41) is 6.60. The Hall–Kier alpha value is -2.18. The van der Waals surface area contributed by atoms with Crippen LogP contribution in [0.4, 0.5) is 0 Å². The van der Waals surface area contributed by atoms with Crippen molar-refractivity contribution in [1.82, 2.24) is 15.5 Å². The van der Waals surface area contributed by atoms with Gasteiger partial charge in [-0.1, -0.05) is 47.1 Å². The molecule has 2 aromatic heterocycles. The van der Waals surface area contributed by atoms with Gasteiger partial charge in [-0.15, -0.1) is 11.3 Å². The molecule has 1 amide bonds. The van der Waals surface area contributed by atoms with Crippen LogP contribution < -0.4 is 5.32 Å². The van der Waals surface area contributed by atoms with E-state index in [4.69, 9.17) is 16.1 Å². The van der Waals surface area contributed by atoms with Crippen LogP contribution in [0.5, 0.6) is 0 Å². The summed E-state index contributed by atoms with van der Waals surface area (Å²) in [4.78, 5) is 16.6. The van der Waals surface area contributed by atoms with Gasteiger partial charge in [-0.05, 0) is 12.1 Å². The fraction of sp³-hybridized carbons (Fsp3) is 0.0714. The smallest absolute Gasteiger partial charge is 0.261 e. The van der Waals surface area contributed by atoms with Gasteiger partial charge in [-0.3, -0.25) is 4.79 Å². The van der Waals surface area contributed by atoms with Gasteiger partial charge in [0.15, 0.2) is 0 Å². The molecule has 0 unspecified atom stereocenters. The summed E-state index contributed by atoms with van der Waals surface area (Å²) < 4.78 is 5.69. The number of nitrogens with one attached hydrogen (secondary N) is 1. The van der Waals surface area contributed by atoms with E-state index < -0.39 is 0 Å². The van der Waals surface area contributed by atoms with E-state index in [0.29, 0.717) is 20.9 Å². The van der Waals surface area contributed by atoms with Crippen LogP contribution in [0.3, 0.4) is 0 Å². The van der Waals surface area contributed by atoms with Crippen LogP contribution in [-0.2, 0) is 6.54 Å². The second kappa shape index (κ2) is 6.07. The molecule has 106 valence electrons. The normalized spacial score (nSPS) is 10.5. The fourth-order valence-corrected chi connectivity index (χ4v) is 2.67. The maximum atomic E-state index is 11.9. The highest BCUT2D eigenvalue weighted by molar-refractivity contribution is 7.17. The van der Waals surface area contributed by atoms with Crippen LogP contribution in [0, 0.1) is 0 Å². The minimum absolute atomic E-state index is 0.175. The van der Waals surface area contributed by atoms with Crippen molar-refractivity contribution < 1.29 is 9.32 Å². The summed E-state index contributed by atoms with van der Waals surface area (Å²) in [6.07, 6.45) is 0. The van der Waals surface area contributed by atoms with Crippen molar-refractivity contribution in [3.8, 4) is 11.4 Å². The van der Waals surface area contributed by atoms with E-state index in [1.54, 1.807) is 12.1 Å². The van der Waals surface area contributed by atoms with Crippen LogP contribution in [-0.4, -0.2) is 16.0 Å². The predicted molar refractivity (Wildman–Crippen MR) is 80.2 cm³/mol. The van der Waals surface area contributed by atoms with Crippen LogP contribution in [0.15, 0.2) is 47.0 Å². The zero-order chi connectivity index (χ0) is 14.7. The van der Waals surface area contributed by atoms with Gasteiger partial charge in [-0.25, -0.2) is 0 Å². The van der Waals surface area contributed by atoms with Gasteiger partial charge in [-0.2, -0.15) is 4.98 Å². The Bertz CT molecular complexity index is 754. The molecule has 0 saturated carbocycles. The number of nitrogens with zero attached hydrogens (tertiary/aromatic N) is 2. The van der Waals surface area contributed by atoms with Gasteiger partial charge >= 0.3 is 0 Å². The maximum absolute atomic E-state index is 11.9. The van der Waals surface area contributed by atoms with Crippen molar-refractivity contribution in [2.24, 2.45) is 0 Å². The molecule has 1 N–H and O–H groups in total. The second-order valence-corrected chi connectivity index (χ2v) is 5.88. The van der Waals surface area contributed by atoms with E-state index in [1.807, 2.05) is 30.3 Å². The first kappa shape index (κ1) is 13.8. The van der Waals surface area contributed by atoms with E-state index in [2.05, 4.69) is 15.5 Å². The monoisotopic (exact) mass is 319 g/mol. The van der Waals surface area contributed by atoms with Gasteiger partial charge < -0.3 is 9.84 Å². The molecule has 0 saturated heterocycles. The quantitative estimate of drug-likeness (QED) is 0.800. The van der Waals surface area contributed by atoms with Crippen molar-refractivity contribution in [2.45, 2.75) is 6.54 Å². The van der Waals surface area contributed by atoms with Gasteiger partial charge in [0.1, 0.15) is 0 Å². The topological polar surface area (TPSA) is 68.0 Å². The standard InChI is InChI=1S/C14H10ClN3O2S/c15-11-7-6-10(21-11)14(19)16-8-12-17-13(18-20-12)9-4-2-1-3-5-9/h1-7H,8H2,(H,16,19). The van der Waals surface area contributed by atoms with E-state index in [9.17, 15) is 4.79 Å². The van der Waals surface area contributed by atoms with Crippen molar-refractivity contribution in [3.63, 3.8) is 0 Å². The summed E-state index contributed by atoms with van der Waals surface area (Å²) in [7, 11) is 0. The van der Waals surface area contributed by atoms with E-state index in [1.165, 1.54) is 11.3 Å². The number of carbonyl (C=O) groups excluding carboxylic acids is 1. The van der Waals surface area contributed by atoms with Crippen molar-refractivity contribution in [3.05, 3.63) is 57.6 Å².